The van der Waals surface area contributed by atoms with E-state index in [9.17, 15) is 9.59 Å². The molecule has 0 aliphatic carbocycles. The van der Waals surface area contributed by atoms with Gasteiger partial charge in [-0.25, -0.2) is 4.79 Å². The minimum atomic E-state index is -0.409. The Morgan fingerprint density at radius 1 is 1.19 bits per heavy atom. The predicted molar refractivity (Wildman–Crippen MR) is 78.1 cm³/mol. The lowest BCUT2D eigenvalue weighted by Crippen LogP contribution is -2.11. The molecular formula is C15H16N2O4. The van der Waals surface area contributed by atoms with Gasteiger partial charge >= 0.3 is 5.97 Å². The highest BCUT2D eigenvalue weighted by Crippen LogP contribution is 2.14. The van der Waals surface area contributed by atoms with E-state index in [1.807, 2.05) is 6.92 Å². The van der Waals surface area contributed by atoms with Crippen molar-refractivity contribution >= 4 is 23.4 Å². The summed E-state index contributed by atoms with van der Waals surface area (Å²) in [5.41, 5.74) is 6.38. The van der Waals surface area contributed by atoms with Gasteiger partial charge in [0.05, 0.1) is 12.2 Å². The Morgan fingerprint density at radius 3 is 2.48 bits per heavy atom. The Hall–Kier alpha value is -2.76. The third-order valence-corrected chi connectivity index (χ3v) is 2.67. The minimum Gasteiger partial charge on any atom is -0.462 e. The molecule has 0 saturated carbocycles. The molecule has 2 rings (SSSR count). The zero-order valence-electron chi connectivity index (χ0n) is 11.6. The second kappa shape index (κ2) is 6.60. The normalized spacial score (nSPS) is 10.1. The number of rotatable bonds is 5. The Labute approximate surface area is 121 Å². The van der Waals surface area contributed by atoms with E-state index in [1.54, 1.807) is 24.3 Å². The highest BCUT2D eigenvalue weighted by Gasteiger charge is 2.11. The molecule has 1 amide bonds. The molecule has 0 atom stereocenters. The van der Waals surface area contributed by atoms with Gasteiger partial charge in [-0.05, 0) is 36.8 Å². The van der Waals surface area contributed by atoms with E-state index in [1.165, 1.54) is 12.1 Å². The largest absolute Gasteiger partial charge is 0.462 e. The molecule has 2 aromatic rings. The van der Waals surface area contributed by atoms with E-state index in [-0.39, 0.29) is 17.6 Å². The van der Waals surface area contributed by atoms with Gasteiger partial charge in [0.1, 0.15) is 0 Å². The number of hydrogen-bond acceptors (Lipinski definition) is 5. The molecule has 1 aromatic heterocycles. The Balaban J connectivity index is 1.99. The van der Waals surface area contributed by atoms with Crippen molar-refractivity contribution in [3.05, 3.63) is 47.7 Å². The van der Waals surface area contributed by atoms with Crippen molar-refractivity contribution in [3.8, 4) is 0 Å². The van der Waals surface area contributed by atoms with Gasteiger partial charge in [0.2, 0.25) is 0 Å². The standard InChI is InChI=1S/C15H16N2O4/c1-2-9-20-15(19)10-3-5-11(6-4-10)17-14(18)12-7-8-13(16)21-12/h3-8H,2,9,16H2,1H3,(H,17,18). The fourth-order valence-electron chi connectivity index (χ4n) is 1.64. The van der Waals surface area contributed by atoms with Crippen LogP contribution in [0.25, 0.3) is 0 Å². The molecule has 0 bridgehead atoms. The molecule has 0 unspecified atom stereocenters. The number of esters is 1. The minimum absolute atomic E-state index is 0.124. The monoisotopic (exact) mass is 288 g/mol. The van der Waals surface area contributed by atoms with E-state index < -0.39 is 5.91 Å². The lowest BCUT2D eigenvalue weighted by molar-refractivity contribution is 0.0505. The van der Waals surface area contributed by atoms with E-state index in [4.69, 9.17) is 14.9 Å². The second-order valence-electron chi connectivity index (χ2n) is 4.37. The number of nitrogen functional groups attached to an aromatic ring is 1. The molecule has 0 spiro atoms. The van der Waals surface area contributed by atoms with E-state index in [0.717, 1.165) is 6.42 Å². The predicted octanol–water partition coefficient (Wildman–Crippen LogP) is 2.68. The van der Waals surface area contributed by atoms with Gasteiger partial charge in [0.15, 0.2) is 11.6 Å². The van der Waals surface area contributed by atoms with Crippen LogP contribution < -0.4 is 11.1 Å². The van der Waals surface area contributed by atoms with Gasteiger partial charge in [-0.15, -0.1) is 0 Å². The maximum absolute atomic E-state index is 11.8. The summed E-state index contributed by atoms with van der Waals surface area (Å²) in [4.78, 5) is 23.5. The van der Waals surface area contributed by atoms with Crippen LogP contribution >= 0.6 is 0 Å². The van der Waals surface area contributed by atoms with E-state index in [2.05, 4.69) is 5.32 Å². The molecule has 6 heteroatoms. The molecule has 21 heavy (non-hydrogen) atoms. The van der Waals surface area contributed by atoms with Crippen LogP contribution in [0.4, 0.5) is 11.6 Å². The highest BCUT2D eigenvalue weighted by molar-refractivity contribution is 6.02. The summed E-state index contributed by atoms with van der Waals surface area (Å²) in [5.74, 6) is -0.491. The fourth-order valence-corrected chi connectivity index (χ4v) is 1.64. The first-order chi connectivity index (χ1) is 10.1. The number of hydrogen-bond donors (Lipinski definition) is 2. The lowest BCUT2D eigenvalue weighted by Gasteiger charge is -2.05. The number of nitrogens with two attached hydrogens (primary N) is 1. The molecule has 1 heterocycles. The SMILES string of the molecule is CCCOC(=O)c1ccc(NC(=O)c2ccc(N)o2)cc1. The third-order valence-electron chi connectivity index (χ3n) is 2.67. The Kier molecular flexibility index (Phi) is 4.61. The Morgan fingerprint density at radius 2 is 1.90 bits per heavy atom. The summed E-state index contributed by atoms with van der Waals surface area (Å²) in [6.45, 7) is 2.31. The van der Waals surface area contributed by atoms with Gasteiger partial charge < -0.3 is 20.2 Å². The first-order valence-electron chi connectivity index (χ1n) is 6.54. The number of carbonyl (C=O) groups is 2. The maximum atomic E-state index is 11.8. The molecule has 110 valence electrons. The van der Waals surface area contributed by atoms with E-state index in [0.29, 0.717) is 17.9 Å². The average molecular weight is 288 g/mol. The summed E-state index contributed by atoms with van der Waals surface area (Å²) >= 11 is 0. The molecule has 6 nitrogen and oxygen atoms in total. The van der Waals surface area contributed by atoms with Gasteiger partial charge in [-0.1, -0.05) is 6.92 Å². The zero-order chi connectivity index (χ0) is 15.2. The topological polar surface area (TPSA) is 94.6 Å². The van der Waals surface area contributed by atoms with Gasteiger partial charge in [0.25, 0.3) is 5.91 Å². The number of nitrogens with one attached hydrogen (secondary N) is 1. The summed E-state index contributed by atoms with van der Waals surface area (Å²) in [6.07, 6.45) is 0.770. The zero-order valence-corrected chi connectivity index (χ0v) is 11.6. The number of furan rings is 1. The van der Waals surface area contributed by atoms with Crippen LogP contribution in [-0.4, -0.2) is 18.5 Å². The van der Waals surface area contributed by atoms with Crippen LogP contribution in [0.3, 0.4) is 0 Å². The number of benzene rings is 1. The summed E-state index contributed by atoms with van der Waals surface area (Å²) in [5, 5.41) is 2.64. The summed E-state index contributed by atoms with van der Waals surface area (Å²) in [6, 6.07) is 9.40. The molecule has 0 radical (unpaired) electrons. The van der Waals surface area contributed by atoms with Crippen molar-refractivity contribution in [3.63, 3.8) is 0 Å². The molecule has 1 aromatic carbocycles. The van der Waals surface area contributed by atoms with Crippen molar-refractivity contribution in [2.24, 2.45) is 0 Å². The third kappa shape index (κ3) is 3.85. The molecule has 0 aliphatic rings. The second-order valence-corrected chi connectivity index (χ2v) is 4.37. The average Bonchev–Trinajstić information content (AvgIpc) is 2.92. The van der Waals surface area contributed by atoms with Crippen LogP contribution in [0.15, 0.2) is 40.8 Å². The van der Waals surface area contributed by atoms with Crippen LogP contribution in [0.1, 0.15) is 34.3 Å². The number of amides is 1. The highest BCUT2D eigenvalue weighted by atomic mass is 16.5. The van der Waals surface area contributed by atoms with Crippen molar-refractivity contribution in [1.82, 2.24) is 0 Å². The Bertz CT molecular complexity index is 631. The quantitative estimate of drug-likeness (QED) is 0.825. The molecular weight excluding hydrogens is 272 g/mol. The number of anilines is 2. The van der Waals surface area contributed by atoms with Crippen LogP contribution in [0.5, 0.6) is 0 Å². The first kappa shape index (κ1) is 14.6. The number of ether oxygens (including phenoxy) is 1. The molecule has 0 fully saturated rings. The van der Waals surface area contributed by atoms with Crippen LogP contribution in [0.2, 0.25) is 0 Å². The van der Waals surface area contributed by atoms with Gasteiger partial charge in [-0.2, -0.15) is 0 Å². The summed E-state index contributed by atoms with van der Waals surface area (Å²) in [7, 11) is 0. The van der Waals surface area contributed by atoms with Crippen molar-refractivity contribution in [2.45, 2.75) is 13.3 Å². The number of carbonyl (C=O) groups excluding carboxylic acids is 2. The smallest absolute Gasteiger partial charge is 0.338 e. The lowest BCUT2D eigenvalue weighted by atomic mass is 10.2. The van der Waals surface area contributed by atoms with E-state index >= 15 is 0 Å². The first-order valence-corrected chi connectivity index (χ1v) is 6.54. The molecule has 3 N–H and O–H groups in total. The van der Waals surface area contributed by atoms with Gasteiger partial charge in [0, 0.05) is 11.8 Å². The van der Waals surface area contributed by atoms with Crippen molar-refractivity contribution in [2.75, 3.05) is 17.7 Å². The maximum Gasteiger partial charge on any atom is 0.338 e. The summed E-state index contributed by atoms with van der Waals surface area (Å²) < 4.78 is 10.0. The fraction of sp³-hybridized carbons (Fsp3) is 0.200. The van der Waals surface area contributed by atoms with Crippen molar-refractivity contribution in [1.29, 1.82) is 0 Å². The van der Waals surface area contributed by atoms with Crippen molar-refractivity contribution < 1.29 is 18.7 Å². The molecule has 0 aliphatic heterocycles. The van der Waals surface area contributed by atoms with Crippen LogP contribution in [-0.2, 0) is 4.74 Å². The molecule has 0 saturated heterocycles. The van der Waals surface area contributed by atoms with Gasteiger partial charge in [-0.3, -0.25) is 4.79 Å². The van der Waals surface area contributed by atoms with Crippen LogP contribution in [0, 0.1) is 0 Å².